The minimum absolute atomic E-state index is 0.123. The standard InChI is InChI=1S/C18H20ClNO2/c1-2-3-4-11-22-15-8-5-13(6-9-15)18(21)16-10-7-14(20)12-17(16)19/h5-10,12H,2-4,11,20H2,1H3. The predicted octanol–water partition coefficient (Wildman–Crippen LogP) is 4.72. The van der Waals surface area contributed by atoms with Gasteiger partial charge in [0.2, 0.25) is 0 Å². The van der Waals surface area contributed by atoms with Gasteiger partial charge in [-0.25, -0.2) is 0 Å². The van der Waals surface area contributed by atoms with E-state index in [0.29, 0.717) is 28.4 Å². The molecule has 0 aliphatic rings. The summed E-state index contributed by atoms with van der Waals surface area (Å²) in [5, 5.41) is 0.366. The Balaban J connectivity index is 2.04. The number of carbonyl (C=O) groups is 1. The van der Waals surface area contributed by atoms with Gasteiger partial charge < -0.3 is 10.5 Å². The molecule has 0 aromatic heterocycles. The van der Waals surface area contributed by atoms with Crippen molar-refractivity contribution in [1.82, 2.24) is 0 Å². The molecule has 4 heteroatoms. The molecule has 2 aromatic rings. The number of nitrogen functional groups attached to an aromatic ring is 1. The molecule has 0 unspecified atom stereocenters. The molecule has 0 atom stereocenters. The molecular formula is C18H20ClNO2. The third-order valence-corrected chi connectivity index (χ3v) is 3.68. The Kier molecular flexibility index (Phi) is 5.84. The maximum absolute atomic E-state index is 12.4. The molecule has 2 aromatic carbocycles. The lowest BCUT2D eigenvalue weighted by Gasteiger charge is -2.08. The second-order valence-corrected chi connectivity index (χ2v) is 5.56. The molecule has 0 aliphatic heterocycles. The van der Waals surface area contributed by atoms with Gasteiger partial charge in [-0.3, -0.25) is 4.79 Å². The molecule has 0 aliphatic carbocycles. The molecule has 0 fully saturated rings. The van der Waals surface area contributed by atoms with Gasteiger partial charge >= 0.3 is 0 Å². The van der Waals surface area contributed by atoms with E-state index in [4.69, 9.17) is 22.1 Å². The summed E-state index contributed by atoms with van der Waals surface area (Å²) < 4.78 is 5.63. The summed E-state index contributed by atoms with van der Waals surface area (Å²) >= 11 is 6.08. The van der Waals surface area contributed by atoms with Crippen molar-refractivity contribution in [3.05, 3.63) is 58.6 Å². The Labute approximate surface area is 136 Å². The maximum atomic E-state index is 12.4. The van der Waals surface area contributed by atoms with Crippen LogP contribution in [0.4, 0.5) is 5.69 Å². The van der Waals surface area contributed by atoms with Crippen molar-refractivity contribution >= 4 is 23.1 Å². The summed E-state index contributed by atoms with van der Waals surface area (Å²) in [7, 11) is 0. The Morgan fingerprint density at radius 2 is 1.86 bits per heavy atom. The van der Waals surface area contributed by atoms with Crippen molar-refractivity contribution in [2.45, 2.75) is 26.2 Å². The molecule has 22 heavy (non-hydrogen) atoms. The number of ketones is 1. The molecule has 2 rings (SSSR count). The largest absolute Gasteiger partial charge is 0.494 e. The molecule has 3 nitrogen and oxygen atoms in total. The van der Waals surface area contributed by atoms with Gasteiger partial charge in [-0.1, -0.05) is 31.4 Å². The highest BCUT2D eigenvalue weighted by atomic mass is 35.5. The van der Waals surface area contributed by atoms with Crippen LogP contribution in [0.3, 0.4) is 0 Å². The summed E-state index contributed by atoms with van der Waals surface area (Å²) in [5.41, 5.74) is 7.21. The van der Waals surface area contributed by atoms with Crippen molar-refractivity contribution in [3.8, 4) is 5.75 Å². The van der Waals surface area contributed by atoms with Crippen LogP contribution < -0.4 is 10.5 Å². The van der Waals surface area contributed by atoms with Crippen molar-refractivity contribution in [1.29, 1.82) is 0 Å². The molecular weight excluding hydrogens is 298 g/mol. The molecule has 0 saturated carbocycles. The second kappa shape index (κ2) is 7.85. The molecule has 0 saturated heterocycles. The molecule has 2 N–H and O–H groups in total. The second-order valence-electron chi connectivity index (χ2n) is 5.15. The molecule has 0 heterocycles. The number of hydrogen-bond donors (Lipinski definition) is 1. The molecule has 0 bridgehead atoms. The summed E-state index contributed by atoms with van der Waals surface area (Å²) in [6.45, 7) is 2.85. The van der Waals surface area contributed by atoms with Crippen molar-refractivity contribution < 1.29 is 9.53 Å². The summed E-state index contributed by atoms with van der Waals surface area (Å²) in [4.78, 5) is 12.4. The first kappa shape index (κ1) is 16.4. The highest BCUT2D eigenvalue weighted by molar-refractivity contribution is 6.35. The zero-order chi connectivity index (χ0) is 15.9. The number of carbonyl (C=O) groups excluding carboxylic acids is 1. The van der Waals surface area contributed by atoms with Crippen molar-refractivity contribution in [2.75, 3.05) is 12.3 Å². The SMILES string of the molecule is CCCCCOc1ccc(C(=O)c2ccc(N)cc2Cl)cc1. The molecule has 0 spiro atoms. The van der Waals surface area contributed by atoms with E-state index in [-0.39, 0.29) is 5.78 Å². The lowest BCUT2D eigenvalue weighted by molar-refractivity contribution is 0.103. The van der Waals surface area contributed by atoms with Crippen LogP contribution in [0, 0.1) is 0 Å². The first-order valence-corrected chi connectivity index (χ1v) is 7.82. The van der Waals surface area contributed by atoms with Gasteiger partial charge in [0.15, 0.2) is 5.78 Å². The van der Waals surface area contributed by atoms with E-state index in [1.807, 2.05) is 12.1 Å². The van der Waals surface area contributed by atoms with Gasteiger partial charge in [-0.15, -0.1) is 0 Å². The molecule has 116 valence electrons. The van der Waals surface area contributed by atoms with E-state index in [9.17, 15) is 4.79 Å². The minimum atomic E-state index is -0.123. The normalized spacial score (nSPS) is 10.5. The number of benzene rings is 2. The Hall–Kier alpha value is -2.00. The van der Waals surface area contributed by atoms with Crippen molar-refractivity contribution in [2.24, 2.45) is 0 Å². The van der Waals surface area contributed by atoms with Crippen LogP contribution in [0.2, 0.25) is 5.02 Å². The highest BCUT2D eigenvalue weighted by Gasteiger charge is 2.13. The monoisotopic (exact) mass is 317 g/mol. The number of anilines is 1. The fraction of sp³-hybridized carbons (Fsp3) is 0.278. The molecule has 0 amide bonds. The number of hydrogen-bond acceptors (Lipinski definition) is 3. The number of nitrogens with two attached hydrogens (primary N) is 1. The number of rotatable bonds is 7. The average Bonchev–Trinajstić information content (AvgIpc) is 2.52. The lowest BCUT2D eigenvalue weighted by Crippen LogP contribution is -2.03. The smallest absolute Gasteiger partial charge is 0.194 e. The van der Waals surface area contributed by atoms with Gasteiger partial charge in [-0.2, -0.15) is 0 Å². The van der Waals surface area contributed by atoms with Gasteiger partial charge in [0.05, 0.1) is 11.6 Å². The van der Waals surface area contributed by atoms with Gasteiger partial charge in [0, 0.05) is 16.8 Å². The third-order valence-electron chi connectivity index (χ3n) is 3.37. The first-order valence-electron chi connectivity index (χ1n) is 7.44. The average molecular weight is 318 g/mol. The Morgan fingerprint density at radius 1 is 1.14 bits per heavy atom. The van der Waals surface area contributed by atoms with E-state index < -0.39 is 0 Å². The van der Waals surface area contributed by atoms with E-state index in [2.05, 4.69) is 6.92 Å². The van der Waals surface area contributed by atoms with Crippen LogP contribution in [0.5, 0.6) is 5.75 Å². The van der Waals surface area contributed by atoms with E-state index in [1.54, 1.807) is 30.3 Å². The zero-order valence-corrected chi connectivity index (χ0v) is 13.4. The Morgan fingerprint density at radius 3 is 2.50 bits per heavy atom. The van der Waals surface area contributed by atoms with Crippen LogP contribution in [0.25, 0.3) is 0 Å². The first-order chi connectivity index (χ1) is 10.6. The van der Waals surface area contributed by atoms with Crippen LogP contribution in [0.1, 0.15) is 42.1 Å². The van der Waals surface area contributed by atoms with Crippen LogP contribution in [0.15, 0.2) is 42.5 Å². The maximum Gasteiger partial charge on any atom is 0.194 e. The fourth-order valence-electron chi connectivity index (χ4n) is 2.12. The van der Waals surface area contributed by atoms with Crippen molar-refractivity contribution in [3.63, 3.8) is 0 Å². The minimum Gasteiger partial charge on any atom is -0.494 e. The van der Waals surface area contributed by atoms with Gasteiger partial charge in [-0.05, 0) is 48.9 Å². The third kappa shape index (κ3) is 4.25. The summed E-state index contributed by atoms with van der Waals surface area (Å²) in [6, 6.07) is 12.0. The number of ether oxygens (including phenoxy) is 1. The predicted molar refractivity (Wildman–Crippen MR) is 90.8 cm³/mol. The summed E-state index contributed by atoms with van der Waals surface area (Å²) in [6.07, 6.45) is 3.36. The van der Waals surface area contributed by atoms with Crippen LogP contribution in [-0.4, -0.2) is 12.4 Å². The fourth-order valence-corrected chi connectivity index (χ4v) is 2.39. The number of unbranched alkanes of at least 4 members (excludes halogenated alkanes) is 2. The quantitative estimate of drug-likeness (QED) is 0.456. The highest BCUT2D eigenvalue weighted by Crippen LogP contribution is 2.23. The lowest BCUT2D eigenvalue weighted by atomic mass is 10.0. The summed E-state index contributed by atoms with van der Waals surface area (Å²) in [5.74, 6) is 0.651. The number of halogens is 1. The Bertz CT molecular complexity index is 638. The van der Waals surface area contributed by atoms with Gasteiger partial charge in [0.25, 0.3) is 0 Å². The topological polar surface area (TPSA) is 52.3 Å². The van der Waals surface area contributed by atoms with E-state index >= 15 is 0 Å². The van der Waals surface area contributed by atoms with Gasteiger partial charge in [0.1, 0.15) is 5.75 Å². The van der Waals surface area contributed by atoms with Crippen LogP contribution in [-0.2, 0) is 0 Å². The van der Waals surface area contributed by atoms with E-state index in [0.717, 1.165) is 18.6 Å². The van der Waals surface area contributed by atoms with E-state index in [1.165, 1.54) is 6.42 Å². The van der Waals surface area contributed by atoms with Crippen LogP contribution >= 0.6 is 11.6 Å². The molecule has 0 radical (unpaired) electrons. The zero-order valence-electron chi connectivity index (χ0n) is 12.6.